The van der Waals surface area contributed by atoms with Crippen molar-refractivity contribution in [2.24, 2.45) is 0 Å². The van der Waals surface area contributed by atoms with Gasteiger partial charge in [0.1, 0.15) is 0 Å². The molecule has 2 aromatic carbocycles. The van der Waals surface area contributed by atoms with Crippen LogP contribution in [0.4, 0.5) is 11.4 Å². The minimum absolute atomic E-state index is 0.0660. The molecule has 2 aromatic rings. The molecule has 0 saturated carbocycles. The first-order valence-electron chi connectivity index (χ1n) is 8.45. The van der Waals surface area contributed by atoms with E-state index in [0.29, 0.717) is 17.9 Å². The summed E-state index contributed by atoms with van der Waals surface area (Å²) in [5, 5.41) is 0. The van der Waals surface area contributed by atoms with Crippen LogP contribution < -0.4 is 9.62 Å². The maximum atomic E-state index is 12.6. The van der Waals surface area contributed by atoms with Crippen molar-refractivity contribution in [2.45, 2.75) is 24.8 Å². The fourth-order valence-electron chi connectivity index (χ4n) is 2.89. The number of hydrogen-bond donors (Lipinski definition) is 1. The molecule has 6 nitrogen and oxygen atoms in total. The van der Waals surface area contributed by atoms with Gasteiger partial charge in [-0.15, -0.1) is 0 Å². The molecule has 138 valence electrons. The van der Waals surface area contributed by atoms with Gasteiger partial charge in [0.2, 0.25) is 0 Å². The number of Topliss-reactive ketones (excluding diaryl/α,β-unsaturated/α-hetero) is 1. The van der Waals surface area contributed by atoms with E-state index in [0.717, 1.165) is 18.8 Å². The molecule has 1 aliphatic heterocycles. The number of ether oxygens (including phenoxy) is 1. The Morgan fingerprint density at radius 3 is 2.58 bits per heavy atom. The van der Waals surface area contributed by atoms with Crippen molar-refractivity contribution >= 4 is 27.2 Å². The second kappa shape index (κ2) is 7.47. The normalized spacial score (nSPS) is 17.8. The molecule has 1 fully saturated rings. The Morgan fingerprint density at radius 2 is 1.92 bits per heavy atom. The summed E-state index contributed by atoms with van der Waals surface area (Å²) in [5.41, 5.74) is 1.87. The van der Waals surface area contributed by atoms with E-state index in [4.69, 9.17) is 4.74 Å². The van der Waals surface area contributed by atoms with Crippen molar-refractivity contribution < 1.29 is 17.9 Å². The number of nitrogens with one attached hydrogen (secondary N) is 1. The van der Waals surface area contributed by atoms with Crippen molar-refractivity contribution in [3.63, 3.8) is 0 Å². The Hall–Kier alpha value is -2.38. The molecule has 0 aromatic heterocycles. The zero-order valence-electron chi connectivity index (χ0n) is 14.8. The number of nitrogens with zero attached hydrogens (tertiary/aromatic N) is 1. The van der Waals surface area contributed by atoms with E-state index >= 15 is 0 Å². The third-order valence-corrected chi connectivity index (χ3v) is 5.66. The van der Waals surface area contributed by atoms with Crippen LogP contribution in [0.15, 0.2) is 53.4 Å². The van der Waals surface area contributed by atoms with Gasteiger partial charge in [0.05, 0.1) is 17.6 Å². The number of sulfonamides is 1. The highest BCUT2D eigenvalue weighted by Gasteiger charge is 2.18. The molecule has 1 heterocycles. The van der Waals surface area contributed by atoms with Gasteiger partial charge in [0.15, 0.2) is 5.78 Å². The molecule has 1 N–H and O–H groups in total. The lowest BCUT2D eigenvalue weighted by Crippen LogP contribution is -2.41. The maximum absolute atomic E-state index is 12.6. The molecular weight excluding hydrogens is 352 g/mol. The highest BCUT2D eigenvalue weighted by molar-refractivity contribution is 7.92. The Balaban J connectivity index is 1.76. The van der Waals surface area contributed by atoms with Crippen molar-refractivity contribution in [1.82, 2.24) is 0 Å². The van der Waals surface area contributed by atoms with Gasteiger partial charge >= 0.3 is 0 Å². The number of carbonyl (C=O) groups is 1. The average Bonchev–Trinajstić information content (AvgIpc) is 2.62. The summed E-state index contributed by atoms with van der Waals surface area (Å²) >= 11 is 0. The van der Waals surface area contributed by atoms with Crippen LogP contribution >= 0.6 is 0 Å². The van der Waals surface area contributed by atoms with Gasteiger partial charge in [-0.05, 0) is 50.2 Å². The van der Waals surface area contributed by atoms with Gasteiger partial charge in [-0.1, -0.05) is 12.1 Å². The van der Waals surface area contributed by atoms with Crippen molar-refractivity contribution in [3.05, 3.63) is 54.1 Å². The van der Waals surface area contributed by atoms with E-state index in [1.807, 2.05) is 19.1 Å². The van der Waals surface area contributed by atoms with E-state index < -0.39 is 10.0 Å². The molecular formula is C19H22N2O4S. The third-order valence-electron chi connectivity index (χ3n) is 4.28. The van der Waals surface area contributed by atoms with E-state index in [-0.39, 0.29) is 16.8 Å². The molecule has 0 aliphatic carbocycles. The van der Waals surface area contributed by atoms with Crippen molar-refractivity contribution in [2.75, 3.05) is 29.3 Å². The summed E-state index contributed by atoms with van der Waals surface area (Å²) in [5.74, 6) is -0.175. The number of carbonyl (C=O) groups excluding carboxylic acids is 1. The standard InChI is InChI=1S/C19H22N2O4S/c1-14-13-21(10-11-25-14)18-8-6-17(7-9-18)20-26(23,24)19-5-3-4-16(12-19)15(2)22/h3-9,12,14,20H,10-11,13H2,1-2H3. The number of anilines is 2. The molecule has 0 spiro atoms. The smallest absolute Gasteiger partial charge is 0.261 e. The first kappa shape index (κ1) is 18.4. The minimum Gasteiger partial charge on any atom is -0.375 e. The maximum Gasteiger partial charge on any atom is 0.261 e. The molecule has 1 atom stereocenters. The second-order valence-corrected chi connectivity index (χ2v) is 8.05. The Kier molecular flexibility index (Phi) is 5.29. The number of morpholine rings is 1. The number of ketones is 1. The van der Waals surface area contributed by atoms with Crippen molar-refractivity contribution in [3.8, 4) is 0 Å². The van der Waals surface area contributed by atoms with Gasteiger partial charge in [-0.2, -0.15) is 0 Å². The van der Waals surface area contributed by atoms with E-state index in [1.165, 1.54) is 19.1 Å². The lowest BCUT2D eigenvalue weighted by molar-refractivity contribution is 0.0532. The zero-order valence-corrected chi connectivity index (χ0v) is 15.6. The Labute approximate surface area is 153 Å². The van der Waals surface area contributed by atoms with E-state index in [2.05, 4.69) is 9.62 Å². The summed E-state index contributed by atoms with van der Waals surface area (Å²) in [6.07, 6.45) is 0.176. The molecule has 3 rings (SSSR count). The second-order valence-electron chi connectivity index (χ2n) is 6.36. The predicted octanol–water partition coefficient (Wildman–Crippen LogP) is 2.92. The lowest BCUT2D eigenvalue weighted by atomic mass is 10.2. The first-order valence-corrected chi connectivity index (χ1v) is 9.94. The van der Waals surface area contributed by atoms with Crippen LogP contribution in [0, 0.1) is 0 Å². The van der Waals surface area contributed by atoms with Gasteiger partial charge in [-0.25, -0.2) is 8.42 Å². The first-order chi connectivity index (χ1) is 12.3. The van der Waals surface area contributed by atoms with Crippen molar-refractivity contribution in [1.29, 1.82) is 0 Å². The summed E-state index contributed by atoms with van der Waals surface area (Å²) in [6, 6.07) is 13.3. The summed E-state index contributed by atoms with van der Waals surface area (Å²) < 4.78 is 33.2. The average molecular weight is 374 g/mol. The summed E-state index contributed by atoms with van der Waals surface area (Å²) in [7, 11) is -3.75. The summed E-state index contributed by atoms with van der Waals surface area (Å²) in [6.45, 7) is 5.74. The van der Waals surface area contributed by atoms with Crippen LogP contribution in [0.1, 0.15) is 24.2 Å². The molecule has 26 heavy (non-hydrogen) atoms. The SMILES string of the molecule is CC(=O)c1cccc(S(=O)(=O)Nc2ccc(N3CCOC(C)C3)cc2)c1. The minimum atomic E-state index is -3.75. The van der Waals surface area contributed by atoms with Gasteiger partial charge in [0.25, 0.3) is 10.0 Å². The predicted molar refractivity (Wildman–Crippen MR) is 101 cm³/mol. The largest absolute Gasteiger partial charge is 0.375 e. The molecule has 7 heteroatoms. The highest BCUT2D eigenvalue weighted by Crippen LogP contribution is 2.22. The Morgan fingerprint density at radius 1 is 1.19 bits per heavy atom. The fourth-order valence-corrected chi connectivity index (χ4v) is 3.99. The Bertz CT molecular complexity index is 894. The molecule has 0 radical (unpaired) electrons. The van der Waals surface area contributed by atoms with Crippen LogP contribution in [0.5, 0.6) is 0 Å². The molecule has 1 saturated heterocycles. The van der Waals surface area contributed by atoms with Crippen LogP contribution in [0.2, 0.25) is 0 Å². The number of benzene rings is 2. The van der Waals surface area contributed by atoms with Gasteiger partial charge < -0.3 is 9.64 Å². The zero-order chi connectivity index (χ0) is 18.7. The molecule has 1 unspecified atom stereocenters. The molecule has 1 aliphatic rings. The highest BCUT2D eigenvalue weighted by atomic mass is 32.2. The van der Waals surface area contributed by atoms with E-state index in [1.54, 1.807) is 24.3 Å². The van der Waals surface area contributed by atoms with E-state index in [9.17, 15) is 13.2 Å². The van der Waals surface area contributed by atoms with Gasteiger partial charge in [-0.3, -0.25) is 9.52 Å². The van der Waals surface area contributed by atoms with Crippen LogP contribution in [0.25, 0.3) is 0 Å². The monoisotopic (exact) mass is 374 g/mol. The van der Waals surface area contributed by atoms with Crippen LogP contribution in [-0.4, -0.2) is 40.0 Å². The quantitative estimate of drug-likeness (QED) is 0.815. The van der Waals surface area contributed by atoms with Crippen LogP contribution in [0.3, 0.4) is 0 Å². The van der Waals surface area contributed by atoms with Crippen LogP contribution in [-0.2, 0) is 14.8 Å². The third kappa shape index (κ3) is 4.23. The lowest BCUT2D eigenvalue weighted by Gasteiger charge is -2.33. The molecule has 0 bridgehead atoms. The fraction of sp³-hybridized carbons (Fsp3) is 0.316. The number of hydrogen-bond acceptors (Lipinski definition) is 5. The topological polar surface area (TPSA) is 75.7 Å². The molecule has 0 amide bonds. The summed E-state index contributed by atoms with van der Waals surface area (Å²) in [4.78, 5) is 13.7. The number of rotatable bonds is 5. The van der Waals surface area contributed by atoms with Gasteiger partial charge in [0, 0.05) is 30.0 Å².